The number of anilines is 1. The lowest BCUT2D eigenvalue weighted by Crippen LogP contribution is -2.24. The second kappa shape index (κ2) is 7.94. The number of halogens is 2. The van der Waals surface area contributed by atoms with Gasteiger partial charge in [0.25, 0.3) is 11.5 Å². The molecule has 0 saturated carbocycles. The third-order valence-electron chi connectivity index (χ3n) is 3.97. The van der Waals surface area contributed by atoms with Gasteiger partial charge in [-0.05, 0) is 36.4 Å². The molecular formula is C20H12ClFN4O2S. The number of thiazole rings is 1. The predicted octanol–water partition coefficient (Wildman–Crippen LogP) is 4.40. The van der Waals surface area contributed by atoms with Crippen LogP contribution in [0.5, 0.6) is 0 Å². The first-order valence-corrected chi connectivity index (χ1v) is 9.65. The summed E-state index contributed by atoms with van der Waals surface area (Å²) in [6.45, 7) is 0. The van der Waals surface area contributed by atoms with Crippen molar-refractivity contribution in [1.29, 1.82) is 0 Å². The zero-order valence-corrected chi connectivity index (χ0v) is 16.2. The number of carbonyl (C=O) groups excluding carboxylic acids is 1. The second-order valence-corrected chi connectivity index (χ2v) is 7.19. The highest BCUT2D eigenvalue weighted by Gasteiger charge is 2.14. The predicted molar refractivity (Wildman–Crippen MR) is 110 cm³/mol. The molecule has 4 rings (SSSR count). The van der Waals surface area contributed by atoms with Gasteiger partial charge in [-0.1, -0.05) is 29.8 Å². The van der Waals surface area contributed by atoms with E-state index in [1.807, 2.05) is 6.07 Å². The Kier molecular flexibility index (Phi) is 5.20. The fourth-order valence-electron chi connectivity index (χ4n) is 2.57. The molecule has 0 radical (unpaired) electrons. The highest BCUT2D eigenvalue weighted by atomic mass is 35.5. The van der Waals surface area contributed by atoms with E-state index in [0.29, 0.717) is 22.1 Å². The zero-order chi connectivity index (χ0) is 20.4. The van der Waals surface area contributed by atoms with Crippen molar-refractivity contribution in [3.8, 4) is 16.9 Å². The Bertz CT molecular complexity index is 1260. The van der Waals surface area contributed by atoms with Gasteiger partial charge in [-0.3, -0.25) is 14.9 Å². The monoisotopic (exact) mass is 426 g/mol. The Labute approximate surface area is 173 Å². The molecule has 1 N–H and O–H groups in total. The molecule has 0 fully saturated rings. The third kappa shape index (κ3) is 4.08. The summed E-state index contributed by atoms with van der Waals surface area (Å²) in [6.07, 6.45) is 0. The quantitative estimate of drug-likeness (QED) is 0.524. The highest BCUT2D eigenvalue weighted by molar-refractivity contribution is 7.14. The van der Waals surface area contributed by atoms with Crippen LogP contribution in [0.15, 0.2) is 70.8 Å². The fourth-order valence-corrected chi connectivity index (χ4v) is 3.46. The maximum Gasteiger partial charge on any atom is 0.277 e. The molecule has 4 aromatic rings. The minimum absolute atomic E-state index is 0.00606. The number of para-hydroxylation sites is 1. The van der Waals surface area contributed by atoms with Crippen molar-refractivity contribution in [3.05, 3.63) is 92.9 Å². The number of aromatic nitrogens is 3. The van der Waals surface area contributed by atoms with Crippen LogP contribution in [0, 0.1) is 5.82 Å². The van der Waals surface area contributed by atoms with Crippen molar-refractivity contribution >= 4 is 34.0 Å². The van der Waals surface area contributed by atoms with E-state index in [0.717, 1.165) is 4.68 Å². The van der Waals surface area contributed by atoms with Crippen LogP contribution in [0.3, 0.4) is 0 Å². The lowest BCUT2D eigenvalue weighted by molar-refractivity contribution is 0.102. The van der Waals surface area contributed by atoms with Gasteiger partial charge in [0, 0.05) is 17.0 Å². The van der Waals surface area contributed by atoms with Crippen LogP contribution >= 0.6 is 22.9 Å². The van der Waals surface area contributed by atoms with Crippen molar-refractivity contribution in [1.82, 2.24) is 14.8 Å². The van der Waals surface area contributed by atoms with Crippen molar-refractivity contribution < 1.29 is 9.18 Å². The summed E-state index contributed by atoms with van der Waals surface area (Å²) in [5.74, 6) is -1.02. The Hall–Kier alpha value is -3.36. The Morgan fingerprint density at radius 2 is 1.90 bits per heavy atom. The van der Waals surface area contributed by atoms with Crippen LogP contribution in [0.4, 0.5) is 9.52 Å². The first-order chi connectivity index (χ1) is 14.0. The van der Waals surface area contributed by atoms with Crippen molar-refractivity contribution in [2.24, 2.45) is 0 Å². The number of nitrogens with one attached hydrogen (secondary N) is 1. The van der Waals surface area contributed by atoms with E-state index >= 15 is 0 Å². The summed E-state index contributed by atoms with van der Waals surface area (Å²) in [7, 11) is 0. The maximum absolute atomic E-state index is 13.3. The minimum atomic E-state index is -0.515. The summed E-state index contributed by atoms with van der Waals surface area (Å²) in [5.41, 5.74) is 1.45. The molecule has 29 heavy (non-hydrogen) atoms. The number of hydrogen-bond acceptors (Lipinski definition) is 5. The van der Waals surface area contributed by atoms with E-state index in [1.54, 1.807) is 35.7 Å². The number of hydrogen-bond donors (Lipinski definition) is 1. The average Bonchev–Trinajstić information content (AvgIpc) is 3.19. The number of amides is 1. The molecule has 6 nitrogen and oxygen atoms in total. The molecular weight excluding hydrogens is 415 g/mol. The fraction of sp³-hybridized carbons (Fsp3) is 0. The number of nitrogens with zero attached hydrogens (tertiary/aromatic N) is 3. The molecule has 2 aromatic carbocycles. The minimum Gasteiger partial charge on any atom is -0.296 e. The average molecular weight is 427 g/mol. The summed E-state index contributed by atoms with van der Waals surface area (Å²) < 4.78 is 14.5. The third-order valence-corrected chi connectivity index (χ3v) is 5.02. The normalized spacial score (nSPS) is 10.7. The molecule has 0 spiro atoms. The summed E-state index contributed by atoms with van der Waals surface area (Å²) >= 11 is 7.01. The molecule has 0 aliphatic carbocycles. The zero-order valence-electron chi connectivity index (χ0n) is 14.7. The standard InChI is InChI=1S/C20H12ClFN4O2S/c21-14-10-12(6-7-15(14)22)17-11-29-20(23-17)24-19(28)16-8-9-18(27)26(25-16)13-4-2-1-3-5-13/h1-11H,(H,23,24,28). The van der Waals surface area contributed by atoms with E-state index in [9.17, 15) is 14.0 Å². The van der Waals surface area contributed by atoms with Crippen LogP contribution in [0.25, 0.3) is 16.9 Å². The van der Waals surface area contributed by atoms with E-state index in [4.69, 9.17) is 11.6 Å². The highest BCUT2D eigenvalue weighted by Crippen LogP contribution is 2.28. The van der Waals surface area contributed by atoms with Crippen LogP contribution in [-0.2, 0) is 0 Å². The van der Waals surface area contributed by atoms with Crippen molar-refractivity contribution in [2.45, 2.75) is 0 Å². The Balaban J connectivity index is 1.57. The summed E-state index contributed by atoms with van der Waals surface area (Å²) in [5, 5.41) is 8.84. The van der Waals surface area contributed by atoms with Crippen LogP contribution in [0.1, 0.15) is 10.5 Å². The topological polar surface area (TPSA) is 76.9 Å². The Morgan fingerprint density at radius 1 is 1.10 bits per heavy atom. The second-order valence-electron chi connectivity index (χ2n) is 5.93. The summed E-state index contributed by atoms with van der Waals surface area (Å²) in [6, 6.07) is 15.7. The van der Waals surface area contributed by atoms with Gasteiger partial charge in [-0.2, -0.15) is 9.78 Å². The smallest absolute Gasteiger partial charge is 0.277 e. The molecule has 144 valence electrons. The molecule has 0 unspecified atom stereocenters. The molecule has 2 aromatic heterocycles. The van der Waals surface area contributed by atoms with Gasteiger partial charge in [0.2, 0.25) is 0 Å². The van der Waals surface area contributed by atoms with Crippen molar-refractivity contribution in [2.75, 3.05) is 5.32 Å². The number of rotatable bonds is 4. The van der Waals surface area contributed by atoms with Gasteiger partial charge in [0.15, 0.2) is 5.13 Å². The molecule has 9 heteroatoms. The molecule has 1 amide bonds. The Morgan fingerprint density at radius 3 is 2.66 bits per heavy atom. The lowest BCUT2D eigenvalue weighted by atomic mass is 10.2. The first-order valence-electron chi connectivity index (χ1n) is 8.39. The largest absolute Gasteiger partial charge is 0.296 e. The molecule has 0 aliphatic rings. The molecule has 0 atom stereocenters. The lowest BCUT2D eigenvalue weighted by Gasteiger charge is -2.06. The van der Waals surface area contributed by atoms with Gasteiger partial charge in [-0.25, -0.2) is 9.37 Å². The maximum atomic E-state index is 13.3. The van der Waals surface area contributed by atoms with Gasteiger partial charge in [0.1, 0.15) is 11.5 Å². The van der Waals surface area contributed by atoms with Crippen molar-refractivity contribution in [3.63, 3.8) is 0 Å². The molecule has 0 aliphatic heterocycles. The molecule has 0 saturated heterocycles. The van der Waals surface area contributed by atoms with E-state index in [1.165, 1.54) is 35.6 Å². The van der Waals surface area contributed by atoms with Gasteiger partial charge >= 0.3 is 0 Å². The number of carbonyl (C=O) groups is 1. The van der Waals surface area contributed by atoms with Crippen LogP contribution in [0.2, 0.25) is 5.02 Å². The molecule has 0 bridgehead atoms. The van der Waals surface area contributed by atoms with E-state index in [2.05, 4.69) is 15.4 Å². The van der Waals surface area contributed by atoms with Gasteiger partial charge in [0.05, 0.1) is 16.4 Å². The molecule has 2 heterocycles. The SMILES string of the molecule is O=C(Nc1nc(-c2ccc(F)c(Cl)c2)cs1)c1ccc(=O)n(-c2ccccc2)n1. The van der Waals surface area contributed by atoms with Crippen LogP contribution in [-0.4, -0.2) is 20.7 Å². The van der Waals surface area contributed by atoms with Gasteiger partial charge in [-0.15, -0.1) is 11.3 Å². The first kappa shape index (κ1) is 19.0. The summed E-state index contributed by atoms with van der Waals surface area (Å²) in [4.78, 5) is 29.0. The van der Waals surface area contributed by atoms with E-state index in [-0.39, 0.29) is 16.3 Å². The van der Waals surface area contributed by atoms with Gasteiger partial charge < -0.3 is 0 Å². The number of benzene rings is 2. The van der Waals surface area contributed by atoms with E-state index < -0.39 is 11.7 Å². The van der Waals surface area contributed by atoms with Crippen LogP contribution < -0.4 is 10.9 Å².